The number of carbonyl (C=O) groups excluding carboxylic acids is 2. The van der Waals surface area contributed by atoms with Gasteiger partial charge in [0.05, 0.1) is 0 Å². The van der Waals surface area contributed by atoms with Crippen LogP contribution in [-0.4, -0.2) is 35.1 Å². The second-order valence-corrected chi connectivity index (χ2v) is 7.59. The van der Waals surface area contributed by atoms with Gasteiger partial charge >= 0.3 is 6.09 Å². The van der Waals surface area contributed by atoms with Crippen LogP contribution in [0.15, 0.2) is 0 Å². The highest BCUT2D eigenvalue weighted by molar-refractivity contribution is 5.78. The minimum atomic E-state index is -1.10. The van der Waals surface area contributed by atoms with Crippen molar-refractivity contribution in [3.8, 4) is 0 Å². The Labute approximate surface area is 149 Å². The van der Waals surface area contributed by atoms with Crippen molar-refractivity contribution in [1.82, 2.24) is 16.2 Å². The quantitative estimate of drug-likeness (QED) is 0.299. The SMILES string of the molecule is CC(C)(C[C@H](CC1CCCCC1)C(=O)NNCCC(N)=O)NC(=O)O. The molecule has 8 nitrogen and oxygen atoms in total. The summed E-state index contributed by atoms with van der Waals surface area (Å²) in [6, 6.07) is 0. The number of hydrogen-bond acceptors (Lipinski definition) is 4. The molecule has 3 amide bonds. The topological polar surface area (TPSA) is 134 Å². The minimum Gasteiger partial charge on any atom is -0.465 e. The molecular weight excluding hydrogens is 324 g/mol. The van der Waals surface area contributed by atoms with Crippen molar-refractivity contribution in [3.63, 3.8) is 0 Å². The Kier molecular flexibility index (Phi) is 8.68. The standard InChI is InChI=1S/C17H32N4O4/c1-17(2,20-16(24)25)11-13(10-12-6-4-3-5-7-12)15(23)21-19-9-8-14(18)22/h12-13,19-20H,3-11H2,1-2H3,(H2,18,22)(H,21,23)(H,24,25)/t13-/m0/s1. The summed E-state index contributed by atoms with van der Waals surface area (Å²) in [5.41, 5.74) is 9.72. The molecule has 144 valence electrons. The summed E-state index contributed by atoms with van der Waals surface area (Å²) in [6.45, 7) is 3.83. The highest BCUT2D eigenvalue weighted by Crippen LogP contribution is 2.32. The fourth-order valence-electron chi connectivity index (χ4n) is 3.50. The van der Waals surface area contributed by atoms with Crippen LogP contribution in [0.1, 0.15) is 65.2 Å². The number of nitrogens with one attached hydrogen (secondary N) is 3. The van der Waals surface area contributed by atoms with E-state index < -0.39 is 17.5 Å². The zero-order valence-electron chi connectivity index (χ0n) is 15.3. The molecule has 1 saturated carbocycles. The molecular formula is C17H32N4O4. The largest absolute Gasteiger partial charge is 0.465 e. The van der Waals surface area contributed by atoms with Crippen molar-refractivity contribution < 1.29 is 19.5 Å². The molecule has 0 aromatic carbocycles. The van der Waals surface area contributed by atoms with Gasteiger partial charge < -0.3 is 16.2 Å². The first kappa shape index (κ1) is 21.2. The average Bonchev–Trinajstić information content (AvgIpc) is 2.50. The van der Waals surface area contributed by atoms with Crippen LogP contribution < -0.4 is 21.9 Å². The molecule has 6 N–H and O–H groups in total. The Morgan fingerprint density at radius 1 is 1.20 bits per heavy atom. The summed E-state index contributed by atoms with van der Waals surface area (Å²) < 4.78 is 0. The minimum absolute atomic E-state index is 0.139. The molecule has 0 radical (unpaired) electrons. The Morgan fingerprint density at radius 2 is 1.84 bits per heavy atom. The Bertz CT molecular complexity index is 462. The molecule has 1 aliphatic rings. The lowest BCUT2D eigenvalue weighted by Crippen LogP contribution is -2.49. The molecule has 1 rings (SSSR count). The first-order valence-electron chi connectivity index (χ1n) is 9.02. The zero-order valence-corrected chi connectivity index (χ0v) is 15.3. The van der Waals surface area contributed by atoms with Gasteiger partial charge in [0, 0.05) is 24.4 Å². The van der Waals surface area contributed by atoms with Gasteiger partial charge in [0.2, 0.25) is 11.8 Å². The van der Waals surface area contributed by atoms with Crippen molar-refractivity contribution in [2.75, 3.05) is 6.54 Å². The lowest BCUT2D eigenvalue weighted by atomic mass is 9.78. The molecule has 0 aromatic heterocycles. The van der Waals surface area contributed by atoms with Crippen LogP contribution in [0, 0.1) is 11.8 Å². The molecule has 25 heavy (non-hydrogen) atoms. The molecule has 0 unspecified atom stereocenters. The van der Waals surface area contributed by atoms with Crippen LogP contribution in [0.4, 0.5) is 4.79 Å². The summed E-state index contributed by atoms with van der Waals surface area (Å²) in [5.74, 6) is -0.413. The van der Waals surface area contributed by atoms with Crippen LogP contribution >= 0.6 is 0 Å². The lowest BCUT2D eigenvalue weighted by molar-refractivity contribution is -0.127. The van der Waals surface area contributed by atoms with Gasteiger partial charge in [0.1, 0.15) is 0 Å². The van der Waals surface area contributed by atoms with E-state index >= 15 is 0 Å². The zero-order chi connectivity index (χ0) is 18.9. The van der Waals surface area contributed by atoms with Crippen molar-refractivity contribution >= 4 is 17.9 Å². The van der Waals surface area contributed by atoms with Gasteiger partial charge in [-0.2, -0.15) is 0 Å². The van der Waals surface area contributed by atoms with E-state index in [2.05, 4.69) is 16.2 Å². The number of primary amides is 1. The highest BCUT2D eigenvalue weighted by atomic mass is 16.4. The van der Waals surface area contributed by atoms with E-state index in [1.54, 1.807) is 13.8 Å². The van der Waals surface area contributed by atoms with Gasteiger partial charge in [0.25, 0.3) is 0 Å². The molecule has 1 atom stereocenters. The summed E-state index contributed by atoms with van der Waals surface area (Å²) in [6.07, 6.45) is 6.05. The molecule has 1 fully saturated rings. The predicted octanol–water partition coefficient (Wildman–Crippen LogP) is 1.51. The van der Waals surface area contributed by atoms with Crippen LogP contribution in [0.2, 0.25) is 0 Å². The monoisotopic (exact) mass is 356 g/mol. The number of hydrogen-bond donors (Lipinski definition) is 5. The second-order valence-electron chi connectivity index (χ2n) is 7.59. The van der Waals surface area contributed by atoms with Gasteiger partial charge in [-0.3, -0.25) is 15.0 Å². The van der Waals surface area contributed by atoms with Gasteiger partial charge in [-0.25, -0.2) is 10.2 Å². The molecule has 0 aromatic rings. The average molecular weight is 356 g/mol. The number of carbonyl (C=O) groups is 3. The van der Waals surface area contributed by atoms with E-state index in [9.17, 15) is 14.4 Å². The first-order valence-corrected chi connectivity index (χ1v) is 9.02. The van der Waals surface area contributed by atoms with Crippen LogP contribution in [0.3, 0.4) is 0 Å². The Balaban J connectivity index is 2.63. The summed E-state index contributed by atoms with van der Waals surface area (Å²) in [5, 5.41) is 11.5. The van der Waals surface area contributed by atoms with Crippen molar-refractivity contribution in [2.24, 2.45) is 17.6 Å². The molecule has 0 bridgehead atoms. The fourth-order valence-corrected chi connectivity index (χ4v) is 3.50. The maximum atomic E-state index is 12.6. The van der Waals surface area contributed by atoms with Gasteiger partial charge in [0.15, 0.2) is 0 Å². The Hall–Kier alpha value is -1.83. The van der Waals surface area contributed by atoms with E-state index in [0.29, 0.717) is 12.3 Å². The number of nitrogens with two attached hydrogens (primary N) is 1. The van der Waals surface area contributed by atoms with E-state index in [-0.39, 0.29) is 24.8 Å². The predicted molar refractivity (Wildman–Crippen MR) is 94.5 cm³/mol. The normalized spacial score (nSPS) is 16.9. The molecule has 0 spiro atoms. The molecule has 0 heterocycles. The maximum absolute atomic E-state index is 12.6. The van der Waals surface area contributed by atoms with Crippen LogP contribution in [0.25, 0.3) is 0 Å². The van der Waals surface area contributed by atoms with Crippen LogP contribution in [-0.2, 0) is 9.59 Å². The highest BCUT2D eigenvalue weighted by Gasteiger charge is 2.31. The van der Waals surface area contributed by atoms with Crippen LogP contribution in [0.5, 0.6) is 0 Å². The van der Waals surface area contributed by atoms with Crippen molar-refractivity contribution in [3.05, 3.63) is 0 Å². The van der Waals surface area contributed by atoms with Crippen molar-refractivity contribution in [2.45, 2.75) is 70.8 Å². The summed E-state index contributed by atoms with van der Waals surface area (Å²) in [4.78, 5) is 34.3. The van der Waals surface area contributed by atoms with E-state index in [1.807, 2.05) is 0 Å². The third-order valence-electron chi connectivity index (χ3n) is 4.62. The maximum Gasteiger partial charge on any atom is 0.405 e. The first-order chi connectivity index (χ1) is 11.7. The number of rotatable bonds is 10. The number of carboxylic acid groups (broad SMARTS) is 1. The molecule has 8 heteroatoms. The smallest absolute Gasteiger partial charge is 0.405 e. The molecule has 1 aliphatic carbocycles. The molecule has 0 aliphatic heterocycles. The van der Waals surface area contributed by atoms with E-state index in [1.165, 1.54) is 19.3 Å². The van der Waals surface area contributed by atoms with Gasteiger partial charge in [-0.15, -0.1) is 0 Å². The van der Waals surface area contributed by atoms with E-state index in [4.69, 9.17) is 10.8 Å². The number of amides is 3. The fraction of sp³-hybridized carbons (Fsp3) is 0.824. The lowest BCUT2D eigenvalue weighted by Gasteiger charge is -2.32. The van der Waals surface area contributed by atoms with Gasteiger partial charge in [-0.05, 0) is 32.6 Å². The summed E-state index contributed by atoms with van der Waals surface area (Å²) >= 11 is 0. The summed E-state index contributed by atoms with van der Waals surface area (Å²) in [7, 11) is 0. The molecule has 0 saturated heterocycles. The van der Waals surface area contributed by atoms with Crippen molar-refractivity contribution in [1.29, 1.82) is 0 Å². The van der Waals surface area contributed by atoms with E-state index in [0.717, 1.165) is 19.3 Å². The Morgan fingerprint density at radius 3 is 2.40 bits per heavy atom. The third kappa shape index (κ3) is 9.28. The third-order valence-corrected chi connectivity index (χ3v) is 4.62. The second kappa shape index (κ2) is 10.2. The van der Waals surface area contributed by atoms with Gasteiger partial charge in [-0.1, -0.05) is 32.1 Å². The number of hydrazine groups is 1.